The van der Waals surface area contributed by atoms with E-state index in [0.29, 0.717) is 24.4 Å². The van der Waals surface area contributed by atoms with Crippen LogP contribution >= 0.6 is 22.9 Å². The lowest BCUT2D eigenvalue weighted by Gasteiger charge is -2.15. The second-order valence-corrected chi connectivity index (χ2v) is 8.54. The number of aliphatic imine (C=N–C) groups is 1. The van der Waals surface area contributed by atoms with Gasteiger partial charge in [-0.3, -0.25) is 24.5 Å². The first-order valence-electron chi connectivity index (χ1n) is 9.16. The van der Waals surface area contributed by atoms with Gasteiger partial charge < -0.3 is 0 Å². The number of thiophene rings is 1. The molecule has 140 valence electrons. The number of benzene rings is 1. The Kier molecular flexibility index (Phi) is 4.25. The highest BCUT2D eigenvalue weighted by Gasteiger charge is 2.29. The first-order valence-corrected chi connectivity index (χ1v) is 10.4. The molecule has 0 N–H and O–H groups in total. The van der Waals surface area contributed by atoms with Gasteiger partial charge in [-0.05, 0) is 42.7 Å². The molecule has 5 rings (SSSR count). The van der Waals surface area contributed by atoms with Crippen molar-refractivity contribution in [2.24, 2.45) is 4.99 Å². The van der Waals surface area contributed by atoms with E-state index in [0.717, 1.165) is 50.3 Å². The van der Waals surface area contributed by atoms with Crippen molar-refractivity contribution in [2.75, 3.05) is 0 Å². The highest BCUT2D eigenvalue weighted by molar-refractivity contribution is 7.19. The highest BCUT2D eigenvalue weighted by Crippen LogP contribution is 2.42. The first kappa shape index (κ1) is 17.5. The van der Waals surface area contributed by atoms with Crippen LogP contribution in [0.15, 0.2) is 35.5 Å². The van der Waals surface area contributed by atoms with Crippen molar-refractivity contribution in [3.05, 3.63) is 45.9 Å². The molecule has 0 aliphatic carbocycles. The number of hydrogen-bond acceptors (Lipinski definition) is 5. The van der Waals surface area contributed by atoms with Gasteiger partial charge in [0.05, 0.1) is 22.4 Å². The maximum absolute atomic E-state index is 12.0. The van der Waals surface area contributed by atoms with Crippen LogP contribution in [0.2, 0.25) is 5.02 Å². The number of pyridine rings is 1. The number of aromatic nitrogens is 1. The number of aryl methyl sites for hydroxylation is 1. The Morgan fingerprint density at radius 1 is 1.07 bits per heavy atom. The maximum Gasteiger partial charge on any atom is 0.230 e. The summed E-state index contributed by atoms with van der Waals surface area (Å²) >= 11 is 7.95. The third-order valence-corrected chi connectivity index (χ3v) is 6.50. The van der Waals surface area contributed by atoms with E-state index >= 15 is 0 Å². The van der Waals surface area contributed by atoms with E-state index in [1.54, 1.807) is 17.5 Å². The fraction of sp³-hybridized carbons (Fsp3) is 0.238. The van der Waals surface area contributed by atoms with Crippen LogP contribution < -0.4 is 0 Å². The fourth-order valence-electron chi connectivity index (χ4n) is 3.81. The number of carbonyl (C=O) groups excluding carboxylic acids is 2. The third kappa shape index (κ3) is 2.93. The molecule has 2 aliphatic rings. The molecule has 7 heteroatoms. The summed E-state index contributed by atoms with van der Waals surface area (Å²) in [5, 5.41) is 0.695. The number of likely N-dealkylation sites (tertiary alicyclic amines) is 1. The van der Waals surface area contributed by atoms with Gasteiger partial charge in [0.15, 0.2) is 0 Å². The van der Waals surface area contributed by atoms with Gasteiger partial charge in [0.1, 0.15) is 0 Å². The minimum atomic E-state index is -0.103. The van der Waals surface area contributed by atoms with Crippen LogP contribution in [0.3, 0.4) is 0 Å². The molecular formula is C21H16ClN3O2S. The Balaban J connectivity index is 1.62. The van der Waals surface area contributed by atoms with Gasteiger partial charge in [-0.25, -0.2) is 0 Å². The van der Waals surface area contributed by atoms with Crippen LogP contribution in [0, 0.1) is 0 Å². The number of nitrogens with zero attached hydrogens (tertiary/aromatic N) is 3. The molecule has 1 saturated heterocycles. The van der Waals surface area contributed by atoms with Crippen molar-refractivity contribution in [1.29, 1.82) is 0 Å². The van der Waals surface area contributed by atoms with Gasteiger partial charge in [-0.1, -0.05) is 11.6 Å². The lowest BCUT2D eigenvalue weighted by atomic mass is 9.97. The van der Waals surface area contributed by atoms with E-state index in [1.807, 2.05) is 30.5 Å². The van der Waals surface area contributed by atoms with Crippen LogP contribution in [0.4, 0.5) is 5.69 Å². The zero-order valence-electron chi connectivity index (χ0n) is 14.9. The highest BCUT2D eigenvalue weighted by atomic mass is 35.5. The van der Waals surface area contributed by atoms with Crippen molar-refractivity contribution in [3.63, 3.8) is 0 Å². The maximum atomic E-state index is 12.0. The number of imide groups is 1. The Labute approximate surface area is 170 Å². The average molecular weight is 410 g/mol. The van der Waals surface area contributed by atoms with Gasteiger partial charge in [0, 0.05) is 46.3 Å². The molecule has 0 radical (unpaired) electrons. The van der Waals surface area contributed by atoms with Crippen molar-refractivity contribution < 1.29 is 9.59 Å². The Hall–Kier alpha value is -2.57. The van der Waals surface area contributed by atoms with Gasteiger partial charge in [-0.15, -0.1) is 11.3 Å². The van der Waals surface area contributed by atoms with Gasteiger partial charge >= 0.3 is 0 Å². The molecule has 2 aliphatic heterocycles. The smallest absolute Gasteiger partial charge is 0.230 e. The zero-order valence-corrected chi connectivity index (χ0v) is 16.5. The van der Waals surface area contributed by atoms with Gasteiger partial charge in [0.25, 0.3) is 0 Å². The SMILES string of the molecule is O=C1CCC(=O)N1Cc1cc2nccc(-c3cc(Cl)cc4c3N=CCC4)c2s1. The second-order valence-electron chi connectivity index (χ2n) is 6.97. The summed E-state index contributed by atoms with van der Waals surface area (Å²) in [4.78, 5) is 35.3. The predicted octanol–water partition coefficient (Wildman–Crippen LogP) is 4.91. The second kappa shape index (κ2) is 6.79. The Morgan fingerprint density at radius 3 is 2.71 bits per heavy atom. The quantitative estimate of drug-likeness (QED) is 0.577. The topological polar surface area (TPSA) is 62.6 Å². The number of carbonyl (C=O) groups is 2. The lowest BCUT2D eigenvalue weighted by Crippen LogP contribution is -2.27. The first-order chi connectivity index (χ1) is 13.6. The summed E-state index contributed by atoms with van der Waals surface area (Å²) in [5.41, 5.74) is 4.99. The van der Waals surface area contributed by atoms with E-state index in [2.05, 4.69) is 9.98 Å². The summed E-state index contributed by atoms with van der Waals surface area (Å²) in [6.07, 6.45) is 6.18. The van der Waals surface area contributed by atoms with Crippen LogP contribution in [-0.4, -0.2) is 27.9 Å². The van der Waals surface area contributed by atoms with Crippen molar-refractivity contribution in [1.82, 2.24) is 9.88 Å². The monoisotopic (exact) mass is 409 g/mol. The normalized spacial score (nSPS) is 16.2. The number of amides is 2. The molecular weight excluding hydrogens is 394 g/mol. The van der Waals surface area contributed by atoms with Crippen LogP contribution in [-0.2, 0) is 22.6 Å². The molecule has 28 heavy (non-hydrogen) atoms. The molecule has 3 aromatic rings. The van der Waals surface area contributed by atoms with Crippen LogP contribution in [0.1, 0.15) is 29.7 Å². The number of halogens is 1. The molecule has 0 unspecified atom stereocenters. The molecule has 1 fully saturated rings. The molecule has 2 aromatic heterocycles. The zero-order chi connectivity index (χ0) is 19.3. The summed E-state index contributed by atoms with van der Waals surface area (Å²) in [5.74, 6) is -0.206. The van der Waals surface area contributed by atoms with Gasteiger partial charge in [-0.2, -0.15) is 0 Å². The van der Waals surface area contributed by atoms with Gasteiger partial charge in [0.2, 0.25) is 11.8 Å². The molecule has 0 saturated carbocycles. The van der Waals surface area contributed by atoms with E-state index in [4.69, 9.17) is 11.6 Å². The predicted molar refractivity (Wildman–Crippen MR) is 111 cm³/mol. The molecule has 1 aromatic carbocycles. The standard InChI is InChI=1S/C21H16ClN3O2S/c22-13-8-12-2-1-6-24-20(12)16(9-13)15-5-7-23-17-10-14(28-21(15)17)11-25-18(26)3-4-19(25)27/h5-10H,1-4,11H2. The average Bonchev–Trinajstić information content (AvgIpc) is 3.25. The summed E-state index contributed by atoms with van der Waals surface area (Å²) in [6, 6.07) is 7.87. The van der Waals surface area contributed by atoms with E-state index < -0.39 is 0 Å². The molecule has 0 bridgehead atoms. The van der Waals surface area contributed by atoms with Crippen molar-refractivity contribution in [3.8, 4) is 11.1 Å². The molecule has 0 atom stereocenters. The van der Waals surface area contributed by atoms with Crippen molar-refractivity contribution in [2.45, 2.75) is 32.2 Å². The number of hydrogen-bond donors (Lipinski definition) is 0. The summed E-state index contributed by atoms with van der Waals surface area (Å²) in [6.45, 7) is 0.309. The largest absolute Gasteiger partial charge is 0.277 e. The number of fused-ring (bicyclic) bond motifs is 2. The summed E-state index contributed by atoms with van der Waals surface area (Å²) < 4.78 is 1.02. The summed E-state index contributed by atoms with van der Waals surface area (Å²) in [7, 11) is 0. The van der Waals surface area contributed by atoms with Crippen LogP contribution in [0.25, 0.3) is 21.3 Å². The van der Waals surface area contributed by atoms with Crippen LogP contribution in [0.5, 0.6) is 0 Å². The Bertz CT molecular complexity index is 1150. The fourth-order valence-corrected chi connectivity index (χ4v) is 5.18. The van der Waals surface area contributed by atoms with Crippen molar-refractivity contribution >= 4 is 56.9 Å². The molecule has 5 nitrogen and oxygen atoms in total. The van der Waals surface area contributed by atoms with E-state index in [-0.39, 0.29) is 11.8 Å². The minimum Gasteiger partial charge on any atom is -0.277 e. The molecule has 4 heterocycles. The Morgan fingerprint density at radius 2 is 1.89 bits per heavy atom. The molecule has 0 spiro atoms. The minimum absolute atomic E-state index is 0.103. The number of rotatable bonds is 3. The molecule has 2 amide bonds. The van der Waals surface area contributed by atoms with E-state index in [1.165, 1.54) is 4.90 Å². The van der Waals surface area contributed by atoms with E-state index in [9.17, 15) is 9.59 Å². The third-order valence-electron chi connectivity index (χ3n) is 5.14. The lowest BCUT2D eigenvalue weighted by molar-refractivity contribution is -0.138.